The number of nitrogens with zero attached hydrogens (tertiary/aromatic N) is 2. The van der Waals surface area contributed by atoms with E-state index in [0.717, 1.165) is 12.8 Å². The van der Waals surface area contributed by atoms with Gasteiger partial charge in [0.05, 0.1) is 6.10 Å². The first kappa shape index (κ1) is 7.54. The van der Waals surface area contributed by atoms with Crippen molar-refractivity contribution in [3.05, 3.63) is 5.82 Å². The van der Waals surface area contributed by atoms with Gasteiger partial charge in [-0.3, -0.25) is 0 Å². The van der Waals surface area contributed by atoms with Gasteiger partial charge in [-0.2, -0.15) is 4.98 Å². The van der Waals surface area contributed by atoms with Crippen molar-refractivity contribution in [1.82, 2.24) is 10.1 Å². The Morgan fingerprint density at radius 3 is 2.83 bits per heavy atom. The standard InChI is InChI=1S/C7H11N3O2/c1-4-8-7(12-10-4)9-5-2-6(11)3-5/h5-6,11H,2-3H2,1H3,(H,8,9,10). The third-order valence-corrected chi connectivity index (χ3v) is 1.97. The van der Waals surface area contributed by atoms with Crippen molar-refractivity contribution in [1.29, 1.82) is 0 Å². The smallest absolute Gasteiger partial charge is 0.321 e. The van der Waals surface area contributed by atoms with Gasteiger partial charge in [0.15, 0.2) is 5.82 Å². The molecule has 1 heterocycles. The molecule has 0 spiro atoms. The predicted octanol–water partition coefficient (Wildman–Crippen LogP) is 0.313. The normalized spacial score (nSPS) is 28.2. The number of nitrogens with one attached hydrogen (secondary N) is 1. The van der Waals surface area contributed by atoms with E-state index in [1.54, 1.807) is 6.92 Å². The molecule has 2 rings (SSSR count). The van der Waals surface area contributed by atoms with E-state index in [-0.39, 0.29) is 6.10 Å². The second kappa shape index (κ2) is 2.75. The maximum Gasteiger partial charge on any atom is 0.321 e. The molecule has 0 atom stereocenters. The Hall–Kier alpha value is -1.10. The first-order valence-electron chi connectivity index (χ1n) is 3.99. The SMILES string of the molecule is Cc1noc(NC2CC(O)C2)n1. The lowest BCUT2D eigenvalue weighted by atomic mass is 9.90. The summed E-state index contributed by atoms with van der Waals surface area (Å²) in [5.41, 5.74) is 0. The number of aliphatic hydroxyl groups is 1. The number of aromatic nitrogens is 2. The molecule has 2 N–H and O–H groups in total. The molecular formula is C7H11N3O2. The van der Waals surface area contributed by atoms with Crippen molar-refractivity contribution in [2.24, 2.45) is 0 Å². The van der Waals surface area contributed by atoms with Crippen molar-refractivity contribution in [3.8, 4) is 0 Å². The van der Waals surface area contributed by atoms with E-state index in [0.29, 0.717) is 17.9 Å². The van der Waals surface area contributed by atoms with Gasteiger partial charge in [-0.1, -0.05) is 5.16 Å². The highest BCUT2D eigenvalue weighted by atomic mass is 16.5. The molecule has 0 aliphatic heterocycles. The molecule has 0 radical (unpaired) electrons. The zero-order valence-electron chi connectivity index (χ0n) is 6.82. The van der Waals surface area contributed by atoms with Crippen molar-refractivity contribution in [2.45, 2.75) is 31.9 Å². The highest BCUT2D eigenvalue weighted by Crippen LogP contribution is 2.22. The average Bonchev–Trinajstić information content (AvgIpc) is 2.33. The van der Waals surface area contributed by atoms with E-state index >= 15 is 0 Å². The maximum absolute atomic E-state index is 8.99. The van der Waals surface area contributed by atoms with Gasteiger partial charge in [-0.05, 0) is 19.8 Å². The second-order valence-corrected chi connectivity index (χ2v) is 3.11. The summed E-state index contributed by atoms with van der Waals surface area (Å²) in [5.74, 6) is 0.623. The lowest BCUT2D eigenvalue weighted by Crippen LogP contribution is -2.39. The first-order chi connectivity index (χ1) is 5.74. The summed E-state index contributed by atoms with van der Waals surface area (Å²) < 4.78 is 4.85. The fourth-order valence-corrected chi connectivity index (χ4v) is 1.24. The van der Waals surface area contributed by atoms with Crippen LogP contribution in [0, 0.1) is 6.92 Å². The predicted molar refractivity (Wildman–Crippen MR) is 41.7 cm³/mol. The van der Waals surface area contributed by atoms with Gasteiger partial charge in [0.25, 0.3) is 0 Å². The zero-order chi connectivity index (χ0) is 8.55. The number of hydrogen-bond acceptors (Lipinski definition) is 5. The zero-order valence-corrected chi connectivity index (χ0v) is 6.82. The average molecular weight is 169 g/mol. The molecular weight excluding hydrogens is 158 g/mol. The van der Waals surface area contributed by atoms with E-state index in [2.05, 4.69) is 15.5 Å². The Labute approximate surface area is 69.8 Å². The summed E-state index contributed by atoms with van der Waals surface area (Å²) in [6.45, 7) is 1.77. The molecule has 1 aromatic heterocycles. The summed E-state index contributed by atoms with van der Waals surface area (Å²) >= 11 is 0. The summed E-state index contributed by atoms with van der Waals surface area (Å²) in [5, 5.41) is 15.7. The molecule has 0 unspecified atom stereocenters. The van der Waals surface area contributed by atoms with Crippen LogP contribution in [0.2, 0.25) is 0 Å². The van der Waals surface area contributed by atoms with Crippen LogP contribution in [0.15, 0.2) is 4.52 Å². The topological polar surface area (TPSA) is 71.2 Å². The first-order valence-corrected chi connectivity index (χ1v) is 3.99. The molecule has 0 aromatic carbocycles. The Balaban J connectivity index is 1.88. The van der Waals surface area contributed by atoms with Crippen LogP contribution in [-0.4, -0.2) is 27.4 Å². The highest BCUT2D eigenvalue weighted by Gasteiger charge is 2.28. The van der Waals surface area contributed by atoms with Crippen molar-refractivity contribution in [2.75, 3.05) is 5.32 Å². The minimum Gasteiger partial charge on any atom is -0.393 e. The molecule has 1 saturated carbocycles. The molecule has 66 valence electrons. The van der Waals surface area contributed by atoms with E-state index in [9.17, 15) is 0 Å². The van der Waals surface area contributed by atoms with Crippen molar-refractivity contribution in [3.63, 3.8) is 0 Å². The molecule has 1 aliphatic rings. The van der Waals surface area contributed by atoms with E-state index in [1.165, 1.54) is 0 Å². The molecule has 0 amide bonds. The maximum atomic E-state index is 8.99. The Morgan fingerprint density at radius 1 is 1.58 bits per heavy atom. The van der Waals surface area contributed by atoms with Gasteiger partial charge >= 0.3 is 6.01 Å². The number of aryl methyl sites for hydroxylation is 1. The van der Waals surface area contributed by atoms with Crippen LogP contribution in [0.5, 0.6) is 0 Å². The van der Waals surface area contributed by atoms with Gasteiger partial charge < -0.3 is 14.9 Å². The van der Waals surface area contributed by atoms with Crippen molar-refractivity contribution >= 4 is 6.01 Å². The van der Waals surface area contributed by atoms with Gasteiger partial charge in [0.2, 0.25) is 0 Å². The quantitative estimate of drug-likeness (QED) is 0.666. The van der Waals surface area contributed by atoms with Crippen LogP contribution in [0.4, 0.5) is 6.01 Å². The van der Waals surface area contributed by atoms with Gasteiger partial charge in [-0.25, -0.2) is 0 Å². The van der Waals surface area contributed by atoms with E-state index in [4.69, 9.17) is 9.63 Å². The number of rotatable bonds is 2. The molecule has 0 bridgehead atoms. The lowest BCUT2D eigenvalue weighted by molar-refractivity contribution is 0.0826. The second-order valence-electron chi connectivity index (χ2n) is 3.11. The van der Waals surface area contributed by atoms with Crippen LogP contribution in [0.3, 0.4) is 0 Å². The fraction of sp³-hybridized carbons (Fsp3) is 0.714. The largest absolute Gasteiger partial charge is 0.393 e. The molecule has 12 heavy (non-hydrogen) atoms. The van der Waals surface area contributed by atoms with Gasteiger partial charge in [-0.15, -0.1) is 0 Å². The van der Waals surface area contributed by atoms with Crippen LogP contribution in [0.1, 0.15) is 18.7 Å². The lowest BCUT2D eigenvalue weighted by Gasteiger charge is -2.30. The third-order valence-electron chi connectivity index (χ3n) is 1.97. The van der Waals surface area contributed by atoms with Crippen LogP contribution >= 0.6 is 0 Å². The van der Waals surface area contributed by atoms with Crippen molar-refractivity contribution < 1.29 is 9.63 Å². The van der Waals surface area contributed by atoms with E-state index < -0.39 is 0 Å². The van der Waals surface area contributed by atoms with Crippen LogP contribution in [0.25, 0.3) is 0 Å². The van der Waals surface area contributed by atoms with Gasteiger partial charge in [0.1, 0.15) is 0 Å². The Bertz CT molecular complexity index is 267. The number of aliphatic hydroxyl groups excluding tert-OH is 1. The minimum atomic E-state index is -0.161. The summed E-state index contributed by atoms with van der Waals surface area (Å²) in [6.07, 6.45) is 1.37. The highest BCUT2D eigenvalue weighted by molar-refractivity contribution is 5.22. The summed E-state index contributed by atoms with van der Waals surface area (Å²) in [7, 11) is 0. The number of hydrogen-bond donors (Lipinski definition) is 2. The Morgan fingerprint density at radius 2 is 2.33 bits per heavy atom. The molecule has 1 aliphatic carbocycles. The monoisotopic (exact) mass is 169 g/mol. The van der Waals surface area contributed by atoms with E-state index in [1.807, 2.05) is 0 Å². The molecule has 1 aromatic rings. The van der Waals surface area contributed by atoms with Crippen LogP contribution in [-0.2, 0) is 0 Å². The van der Waals surface area contributed by atoms with Crippen LogP contribution < -0.4 is 5.32 Å². The fourth-order valence-electron chi connectivity index (χ4n) is 1.24. The Kier molecular flexibility index (Phi) is 1.73. The molecule has 1 fully saturated rings. The third kappa shape index (κ3) is 1.40. The summed E-state index contributed by atoms with van der Waals surface area (Å²) in [4.78, 5) is 3.99. The summed E-state index contributed by atoms with van der Waals surface area (Å²) in [6, 6.07) is 0.740. The van der Waals surface area contributed by atoms with Gasteiger partial charge in [0, 0.05) is 6.04 Å². The number of anilines is 1. The molecule has 5 heteroatoms. The minimum absolute atomic E-state index is 0.161. The molecule has 5 nitrogen and oxygen atoms in total. The molecule has 0 saturated heterocycles.